The highest BCUT2D eigenvalue weighted by molar-refractivity contribution is 6.48. The molecule has 29 heavy (non-hydrogen) atoms. The molecule has 1 aromatic carbocycles. The number of carbonyl (C=O) groups excluding carboxylic acids is 1. The molecule has 8 heteroatoms. The molecule has 1 radical (unpaired) electrons. The number of amides is 1. The number of cyclic esters (lactones) is 1. The summed E-state index contributed by atoms with van der Waals surface area (Å²) in [5.74, 6) is 0.550. The minimum atomic E-state index is -0.870. The Morgan fingerprint density at radius 2 is 2.07 bits per heavy atom. The number of halogens is 1. The molecule has 1 amide bonds. The van der Waals surface area contributed by atoms with Crippen molar-refractivity contribution in [1.82, 2.24) is 0 Å². The average Bonchev–Trinajstić information content (AvgIpc) is 2.90. The minimum Gasteiger partial charge on any atom is -0.441 e. The molecule has 0 aromatic heterocycles. The van der Waals surface area contributed by atoms with Crippen molar-refractivity contribution in [3.05, 3.63) is 24.0 Å². The topological polar surface area (TPSA) is 62.2 Å². The molecule has 4 rings (SSSR count). The lowest BCUT2D eigenvalue weighted by Crippen LogP contribution is -2.38. The van der Waals surface area contributed by atoms with E-state index in [2.05, 4.69) is 38.8 Å². The zero-order valence-electron chi connectivity index (χ0n) is 17.7. The van der Waals surface area contributed by atoms with Crippen LogP contribution in [0.3, 0.4) is 0 Å². The molecule has 3 aliphatic rings. The van der Waals surface area contributed by atoms with E-state index in [1.54, 1.807) is 12.1 Å². The van der Waals surface area contributed by atoms with Crippen molar-refractivity contribution >= 4 is 26.5 Å². The van der Waals surface area contributed by atoms with Gasteiger partial charge in [0.25, 0.3) is 0 Å². The fourth-order valence-electron chi connectivity index (χ4n) is 5.39. The monoisotopic (exact) mass is 421 g/mol. The van der Waals surface area contributed by atoms with Gasteiger partial charge in [-0.1, -0.05) is 20.8 Å². The van der Waals surface area contributed by atoms with E-state index in [-0.39, 0.29) is 30.0 Å². The molecule has 6 nitrogen and oxygen atoms in total. The number of anilines is 2. The Hall–Kier alpha value is -1.64. The smallest absolute Gasteiger partial charge is 0.414 e. The lowest BCUT2D eigenvalue weighted by Gasteiger charge is -2.32. The van der Waals surface area contributed by atoms with Crippen molar-refractivity contribution in [2.45, 2.75) is 45.6 Å². The van der Waals surface area contributed by atoms with E-state index in [1.807, 2.05) is 0 Å². The van der Waals surface area contributed by atoms with Gasteiger partial charge in [-0.25, -0.2) is 9.18 Å². The Kier molecular flexibility index (Phi) is 4.95. The Balaban J connectivity index is 1.53. The summed E-state index contributed by atoms with van der Waals surface area (Å²) in [6.45, 7) is 12.5. The van der Waals surface area contributed by atoms with Gasteiger partial charge < -0.3 is 19.2 Å². The molecule has 2 heterocycles. The third-order valence-corrected chi connectivity index (χ3v) is 7.08. The zero-order chi connectivity index (χ0) is 21.1. The summed E-state index contributed by atoms with van der Waals surface area (Å²) >= 11 is 0. The minimum absolute atomic E-state index is 0.163. The summed E-state index contributed by atoms with van der Waals surface area (Å²) in [7, 11) is -0.870. The first-order valence-electron chi connectivity index (χ1n) is 10.2. The Bertz CT molecular complexity index is 814. The Morgan fingerprint density at radius 3 is 2.62 bits per heavy atom. The van der Waals surface area contributed by atoms with Gasteiger partial charge >= 0.3 is 6.09 Å². The number of ether oxygens (including phenoxy) is 1. The first-order valence-corrected chi connectivity index (χ1v) is 12.6. The Morgan fingerprint density at radius 1 is 1.34 bits per heavy atom. The summed E-state index contributed by atoms with van der Waals surface area (Å²) in [6.07, 6.45) is -1.12. The molecule has 2 aliphatic heterocycles. The number of benzene rings is 1. The van der Waals surface area contributed by atoms with Crippen LogP contribution in [0.2, 0.25) is 13.1 Å². The van der Waals surface area contributed by atoms with Gasteiger partial charge in [0.1, 0.15) is 11.9 Å². The van der Waals surface area contributed by atoms with E-state index in [9.17, 15) is 9.90 Å². The number of nitrogens with zero attached hydrogens (tertiary/aromatic N) is 2. The quantitative estimate of drug-likeness (QED) is 0.740. The van der Waals surface area contributed by atoms with Crippen LogP contribution >= 0.6 is 0 Å². The summed E-state index contributed by atoms with van der Waals surface area (Å²) in [6, 6.07) is 4.86. The van der Waals surface area contributed by atoms with E-state index in [0.29, 0.717) is 29.8 Å². The number of rotatable bonds is 5. The normalized spacial score (nSPS) is 31.4. The van der Waals surface area contributed by atoms with Gasteiger partial charge in [-0.15, -0.1) is 0 Å². The van der Waals surface area contributed by atoms with Crippen molar-refractivity contribution in [2.24, 2.45) is 17.3 Å². The van der Waals surface area contributed by atoms with Crippen molar-refractivity contribution in [1.29, 1.82) is 0 Å². The zero-order valence-corrected chi connectivity index (χ0v) is 18.7. The molecule has 2 saturated heterocycles. The molecule has 1 aromatic rings. The van der Waals surface area contributed by atoms with Crippen LogP contribution in [0.4, 0.5) is 20.6 Å². The average molecular weight is 422 g/mol. The second-order valence-corrected chi connectivity index (χ2v) is 11.8. The lowest BCUT2D eigenvalue weighted by molar-refractivity contribution is 0.0963. The molecular formula is C21H30FN2O4Si. The van der Waals surface area contributed by atoms with Gasteiger partial charge in [0.15, 0.2) is 0 Å². The van der Waals surface area contributed by atoms with E-state index >= 15 is 4.39 Å². The second-order valence-electron chi connectivity index (χ2n) is 9.73. The molecule has 0 spiro atoms. The maximum absolute atomic E-state index is 15.0. The fourth-order valence-corrected chi connectivity index (χ4v) is 6.49. The van der Waals surface area contributed by atoms with E-state index in [1.165, 1.54) is 11.0 Å². The summed E-state index contributed by atoms with van der Waals surface area (Å²) in [5, 5.41) is 9.19. The highest BCUT2D eigenvalue weighted by atomic mass is 28.3. The molecule has 0 bridgehead atoms. The summed E-state index contributed by atoms with van der Waals surface area (Å²) < 4.78 is 26.6. The fraction of sp³-hybridized carbons (Fsp3) is 0.667. The standard InChI is InChI=1S/C21H30FN2O4Si/c1-20(2,3)18-15-10-23(12-21(15,18)28-29(4)5)17-7-6-13(8-16(17)22)24-9-14(11-25)27-19(24)26/h6-8,14-15,18,25H,9-12H2,1-5H3/t14-,15+,18-,21-/m1/s1. The second kappa shape index (κ2) is 6.96. The van der Waals surface area contributed by atoms with Crippen LogP contribution in [0.25, 0.3) is 0 Å². The van der Waals surface area contributed by atoms with Gasteiger partial charge in [-0.2, -0.15) is 0 Å². The molecule has 0 unspecified atom stereocenters. The third-order valence-electron chi connectivity index (χ3n) is 6.29. The van der Waals surface area contributed by atoms with Crippen molar-refractivity contribution < 1.29 is 23.5 Å². The SMILES string of the molecule is C[Si](C)O[C@]12CN(c3ccc(N4C[C@H](CO)OC4=O)cc3F)C[C@H]1[C@@H]2C(C)(C)C. The first kappa shape index (κ1) is 20.6. The van der Waals surface area contributed by atoms with Crippen molar-refractivity contribution in [2.75, 3.05) is 36.0 Å². The van der Waals surface area contributed by atoms with Crippen LogP contribution in [-0.4, -0.2) is 58.2 Å². The number of aliphatic hydroxyl groups excluding tert-OH is 1. The van der Waals surface area contributed by atoms with Gasteiger partial charge in [-0.3, -0.25) is 4.90 Å². The number of hydrogen-bond donors (Lipinski definition) is 1. The largest absolute Gasteiger partial charge is 0.441 e. The predicted molar refractivity (Wildman–Crippen MR) is 111 cm³/mol. The molecular weight excluding hydrogens is 391 g/mol. The number of carbonyl (C=O) groups is 1. The van der Waals surface area contributed by atoms with Crippen LogP contribution in [-0.2, 0) is 9.16 Å². The van der Waals surface area contributed by atoms with Crippen LogP contribution in [0.5, 0.6) is 0 Å². The van der Waals surface area contributed by atoms with E-state index < -0.39 is 21.2 Å². The molecule has 4 atom stereocenters. The van der Waals surface area contributed by atoms with Crippen molar-refractivity contribution in [3.63, 3.8) is 0 Å². The van der Waals surface area contributed by atoms with Gasteiger partial charge in [0, 0.05) is 24.9 Å². The lowest BCUT2D eigenvalue weighted by atomic mass is 9.86. The Labute approximate surface area is 173 Å². The number of hydrogen-bond acceptors (Lipinski definition) is 5. The molecule has 1 saturated carbocycles. The number of fused-ring (bicyclic) bond motifs is 1. The molecule has 1 aliphatic carbocycles. The van der Waals surface area contributed by atoms with Gasteiger partial charge in [-0.05, 0) is 36.7 Å². The maximum atomic E-state index is 15.0. The highest BCUT2D eigenvalue weighted by Crippen LogP contribution is 2.65. The highest BCUT2D eigenvalue weighted by Gasteiger charge is 2.73. The molecule has 3 fully saturated rings. The third kappa shape index (κ3) is 3.45. The van der Waals surface area contributed by atoms with Gasteiger partial charge in [0.05, 0.1) is 30.1 Å². The van der Waals surface area contributed by atoms with Crippen molar-refractivity contribution in [3.8, 4) is 0 Å². The van der Waals surface area contributed by atoms with Gasteiger partial charge in [0.2, 0.25) is 9.04 Å². The van der Waals surface area contributed by atoms with E-state index in [4.69, 9.17) is 9.16 Å². The van der Waals surface area contributed by atoms with E-state index in [0.717, 1.165) is 6.54 Å². The first-order chi connectivity index (χ1) is 13.6. The molecule has 159 valence electrons. The van der Waals surface area contributed by atoms with Crippen LogP contribution in [0, 0.1) is 23.1 Å². The summed E-state index contributed by atoms with van der Waals surface area (Å²) in [5.41, 5.74) is 0.982. The predicted octanol–water partition coefficient (Wildman–Crippen LogP) is 3.26. The van der Waals surface area contributed by atoms with Crippen LogP contribution in [0.15, 0.2) is 18.2 Å². The maximum Gasteiger partial charge on any atom is 0.414 e. The summed E-state index contributed by atoms with van der Waals surface area (Å²) in [4.78, 5) is 15.4. The van der Waals surface area contributed by atoms with Crippen LogP contribution in [0.1, 0.15) is 20.8 Å². The molecule has 1 N–H and O–H groups in total. The number of aliphatic hydroxyl groups is 1. The van der Waals surface area contributed by atoms with Crippen LogP contribution < -0.4 is 9.80 Å². The number of piperidine rings is 1.